The van der Waals surface area contributed by atoms with Crippen LogP contribution in [0.25, 0.3) is 0 Å². The molecular formula is C14H26N2O3. The maximum atomic E-state index is 11.7. The van der Waals surface area contributed by atoms with Gasteiger partial charge in [0.2, 0.25) is 11.8 Å². The molecule has 1 aliphatic rings. The van der Waals surface area contributed by atoms with Crippen LogP contribution in [-0.2, 0) is 9.59 Å². The zero-order valence-corrected chi connectivity index (χ0v) is 11.8. The van der Waals surface area contributed by atoms with Gasteiger partial charge in [0.25, 0.3) is 0 Å². The second kappa shape index (κ2) is 8.91. The van der Waals surface area contributed by atoms with Crippen molar-refractivity contribution in [2.45, 2.75) is 70.4 Å². The van der Waals surface area contributed by atoms with Crippen LogP contribution in [0.5, 0.6) is 0 Å². The summed E-state index contributed by atoms with van der Waals surface area (Å²) in [5.41, 5.74) is 0. The highest BCUT2D eigenvalue weighted by atomic mass is 16.3. The number of aliphatic hydroxyl groups excluding tert-OH is 1. The van der Waals surface area contributed by atoms with E-state index in [4.69, 9.17) is 0 Å². The van der Waals surface area contributed by atoms with Crippen molar-refractivity contribution >= 4 is 11.8 Å². The number of nitrogens with one attached hydrogen (secondary N) is 2. The quantitative estimate of drug-likeness (QED) is 0.606. The fourth-order valence-corrected chi connectivity index (χ4v) is 2.41. The molecule has 19 heavy (non-hydrogen) atoms. The summed E-state index contributed by atoms with van der Waals surface area (Å²) >= 11 is 0. The molecule has 2 atom stereocenters. The summed E-state index contributed by atoms with van der Waals surface area (Å²) in [7, 11) is 0. The van der Waals surface area contributed by atoms with Crippen LogP contribution in [-0.4, -0.2) is 35.6 Å². The number of hydrogen-bond donors (Lipinski definition) is 3. The summed E-state index contributed by atoms with van der Waals surface area (Å²) in [6.07, 6.45) is 6.60. The number of carbonyl (C=O) groups is 2. The Hall–Kier alpha value is -1.10. The highest BCUT2D eigenvalue weighted by molar-refractivity contribution is 5.76. The Bertz CT molecular complexity index is 294. The first-order chi connectivity index (χ1) is 9.09. The molecule has 0 heterocycles. The van der Waals surface area contributed by atoms with E-state index in [1.165, 1.54) is 6.92 Å². The Morgan fingerprint density at radius 1 is 1.16 bits per heavy atom. The molecule has 110 valence electrons. The van der Waals surface area contributed by atoms with E-state index in [0.29, 0.717) is 13.0 Å². The highest BCUT2D eigenvalue weighted by Gasteiger charge is 2.23. The normalized spacial score (nSPS) is 22.8. The molecule has 0 aromatic carbocycles. The second-order valence-electron chi connectivity index (χ2n) is 5.32. The summed E-state index contributed by atoms with van der Waals surface area (Å²) in [6.45, 7) is 2.18. The predicted molar refractivity (Wildman–Crippen MR) is 73.6 cm³/mol. The van der Waals surface area contributed by atoms with Gasteiger partial charge in [-0.3, -0.25) is 9.59 Å². The minimum atomic E-state index is -0.377. The molecule has 5 nitrogen and oxygen atoms in total. The van der Waals surface area contributed by atoms with Crippen LogP contribution in [0.3, 0.4) is 0 Å². The van der Waals surface area contributed by atoms with Gasteiger partial charge in [0.15, 0.2) is 0 Å². The molecule has 0 aromatic rings. The van der Waals surface area contributed by atoms with Crippen molar-refractivity contribution in [1.82, 2.24) is 10.6 Å². The van der Waals surface area contributed by atoms with Crippen LogP contribution >= 0.6 is 0 Å². The van der Waals surface area contributed by atoms with Crippen molar-refractivity contribution in [3.63, 3.8) is 0 Å². The fraction of sp³-hybridized carbons (Fsp3) is 0.857. The SMILES string of the molecule is CC(=O)NCCCCCC(=O)N[C@H]1CCCC[C@@H]1O. The number of carbonyl (C=O) groups excluding carboxylic acids is 2. The number of amides is 2. The topological polar surface area (TPSA) is 78.4 Å². The first-order valence-corrected chi connectivity index (χ1v) is 7.31. The smallest absolute Gasteiger partial charge is 0.220 e. The van der Waals surface area contributed by atoms with Gasteiger partial charge in [-0.15, -0.1) is 0 Å². The third kappa shape index (κ3) is 7.15. The maximum absolute atomic E-state index is 11.7. The van der Waals surface area contributed by atoms with Crippen LogP contribution in [0.15, 0.2) is 0 Å². The van der Waals surface area contributed by atoms with Crippen LogP contribution in [0.2, 0.25) is 0 Å². The number of unbranched alkanes of at least 4 members (excludes halogenated alkanes) is 2. The lowest BCUT2D eigenvalue weighted by Crippen LogP contribution is -2.44. The van der Waals surface area contributed by atoms with Crippen molar-refractivity contribution < 1.29 is 14.7 Å². The van der Waals surface area contributed by atoms with Gasteiger partial charge in [-0.1, -0.05) is 19.3 Å². The molecule has 0 unspecified atom stereocenters. The van der Waals surface area contributed by atoms with Crippen LogP contribution in [0.4, 0.5) is 0 Å². The summed E-state index contributed by atoms with van der Waals surface area (Å²) < 4.78 is 0. The fourth-order valence-electron chi connectivity index (χ4n) is 2.41. The monoisotopic (exact) mass is 270 g/mol. The molecule has 0 aromatic heterocycles. The van der Waals surface area contributed by atoms with Gasteiger partial charge in [0, 0.05) is 19.9 Å². The van der Waals surface area contributed by atoms with E-state index < -0.39 is 0 Å². The van der Waals surface area contributed by atoms with Crippen molar-refractivity contribution in [2.24, 2.45) is 0 Å². The van der Waals surface area contributed by atoms with Gasteiger partial charge in [0.1, 0.15) is 0 Å². The van der Waals surface area contributed by atoms with E-state index in [-0.39, 0.29) is 24.0 Å². The molecule has 0 bridgehead atoms. The standard InChI is InChI=1S/C14H26N2O3/c1-11(17)15-10-6-2-3-9-14(19)16-12-7-4-5-8-13(12)18/h12-13,18H,2-10H2,1H3,(H,15,17)(H,16,19)/t12-,13-/m0/s1. The Balaban J connectivity index is 2.02. The summed E-state index contributed by atoms with van der Waals surface area (Å²) in [6, 6.07) is -0.0550. The lowest BCUT2D eigenvalue weighted by molar-refractivity contribution is -0.123. The van der Waals surface area contributed by atoms with Crippen molar-refractivity contribution in [3.05, 3.63) is 0 Å². The minimum Gasteiger partial charge on any atom is -0.391 e. The largest absolute Gasteiger partial charge is 0.391 e. The van der Waals surface area contributed by atoms with Crippen molar-refractivity contribution in [1.29, 1.82) is 0 Å². The number of hydrogen-bond acceptors (Lipinski definition) is 3. The third-order valence-electron chi connectivity index (χ3n) is 3.53. The lowest BCUT2D eigenvalue weighted by atomic mass is 9.92. The van der Waals surface area contributed by atoms with E-state index in [1.807, 2.05) is 0 Å². The molecule has 0 spiro atoms. The zero-order valence-electron chi connectivity index (χ0n) is 11.8. The Kier molecular flexibility index (Phi) is 7.48. The maximum Gasteiger partial charge on any atom is 0.220 e. The molecule has 5 heteroatoms. The van der Waals surface area contributed by atoms with Gasteiger partial charge in [-0.2, -0.15) is 0 Å². The molecule has 1 saturated carbocycles. The molecule has 0 radical (unpaired) electrons. The predicted octanol–water partition coefficient (Wildman–Crippen LogP) is 1.10. The second-order valence-corrected chi connectivity index (χ2v) is 5.32. The average Bonchev–Trinajstić information content (AvgIpc) is 2.36. The molecular weight excluding hydrogens is 244 g/mol. The molecule has 1 fully saturated rings. The molecule has 3 N–H and O–H groups in total. The van der Waals surface area contributed by atoms with E-state index in [9.17, 15) is 14.7 Å². The first-order valence-electron chi connectivity index (χ1n) is 7.31. The van der Waals surface area contributed by atoms with Gasteiger partial charge >= 0.3 is 0 Å². The van der Waals surface area contributed by atoms with Crippen LogP contribution < -0.4 is 10.6 Å². The van der Waals surface area contributed by atoms with Gasteiger partial charge in [0.05, 0.1) is 12.1 Å². The zero-order chi connectivity index (χ0) is 14.1. The molecule has 0 saturated heterocycles. The molecule has 0 aliphatic heterocycles. The molecule has 1 aliphatic carbocycles. The molecule has 2 amide bonds. The lowest BCUT2D eigenvalue weighted by Gasteiger charge is -2.28. The summed E-state index contributed by atoms with van der Waals surface area (Å²) in [5.74, 6) is 0.0227. The van der Waals surface area contributed by atoms with E-state index in [1.54, 1.807) is 0 Å². The highest BCUT2D eigenvalue weighted by Crippen LogP contribution is 2.18. The third-order valence-corrected chi connectivity index (χ3v) is 3.53. The van der Waals surface area contributed by atoms with Crippen LogP contribution in [0, 0.1) is 0 Å². The molecule has 1 rings (SSSR count). The Morgan fingerprint density at radius 3 is 2.58 bits per heavy atom. The van der Waals surface area contributed by atoms with E-state index in [0.717, 1.165) is 44.9 Å². The van der Waals surface area contributed by atoms with Crippen molar-refractivity contribution in [3.8, 4) is 0 Å². The number of aliphatic hydroxyl groups is 1. The van der Waals surface area contributed by atoms with Gasteiger partial charge in [-0.05, 0) is 25.7 Å². The Morgan fingerprint density at radius 2 is 1.89 bits per heavy atom. The minimum absolute atomic E-state index is 0.0102. The summed E-state index contributed by atoms with van der Waals surface area (Å²) in [5, 5.41) is 15.4. The average molecular weight is 270 g/mol. The Labute approximate surface area is 115 Å². The first kappa shape index (κ1) is 16.0. The van der Waals surface area contributed by atoms with Gasteiger partial charge < -0.3 is 15.7 Å². The van der Waals surface area contributed by atoms with Crippen LogP contribution in [0.1, 0.15) is 58.3 Å². The van der Waals surface area contributed by atoms with Gasteiger partial charge in [-0.25, -0.2) is 0 Å². The van der Waals surface area contributed by atoms with Crippen molar-refractivity contribution in [2.75, 3.05) is 6.54 Å². The number of rotatable bonds is 7. The summed E-state index contributed by atoms with van der Waals surface area (Å²) in [4.78, 5) is 22.3. The van der Waals surface area contributed by atoms with E-state index in [2.05, 4.69) is 10.6 Å². The van der Waals surface area contributed by atoms with E-state index >= 15 is 0 Å².